The average Bonchev–Trinajstić information content (AvgIpc) is 3.22. The number of nitrogen functional groups attached to an aromatic ring is 1. The molecule has 1 aliphatic rings. The highest BCUT2D eigenvalue weighted by molar-refractivity contribution is 5.95. The molecule has 1 aliphatic heterocycles. The predicted molar refractivity (Wildman–Crippen MR) is 110 cm³/mol. The highest BCUT2D eigenvalue weighted by atomic mass is 16.1. The lowest BCUT2D eigenvalue weighted by atomic mass is 10.0. The summed E-state index contributed by atoms with van der Waals surface area (Å²) in [5.74, 6) is 0.261. The van der Waals surface area contributed by atoms with Gasteiger partial charge >= 0.3 is 0 Å². The number of carbonyl (C=O) groups is 1. The molecule has 1 amide bonds. The largest absolute Gasteiger partial charge is 0.370 e. The summed E-state index contributed by atoms with van der Waals surface area (Å²) in [5.41, 5.74) is 15.1. The Morgan fingerprint density at radius 3 is 2.86 bits per heavy atom. The van der Waals surface area contributed by atoms with Crippen LogP contribution in [0.4, 0.5) is 11.8 Å². The fraction of sp³-hybridized carbons (Fsp3) is 0.150. The number of pyridine rings is 1. The number of anilines is 2. The van der Waals surface area contributed by atoms with Crippen molar-refractivity contribution in [3.8, 4) is 0 Å². The molecule has 0 saturated carbocycles. The van der Waals surface area contributed by atoms with Gasteiger partial charge in [-0.3, -0.25) is 14.8 Å². The van der Waals surface area contributed by atoms with Gasteiger partial charge in [0.1, 0.15) is 5.82 Å². The van der Waals surface area contributed by atoms with Crippen molar-refractivity contribution in [3.63, 3.8) is 0 Å². The molecule has 8 heteroatoms. The number of amides is 1. The van der Waals surface area contributed by atoms with Gasteiger partial charge in [0, 0.05) is 24.0 Å². The Morgan fingerprint density at radius 2 is 2.14 bits per heavy atom. The number of hydrogen-bond donors (Lipinski definition) is 3. The normalized spacial score (nSPS) is 14.1. The SMILES string of the molecule is NC(=O)CC(Nc1nc(N)nc2cc(C3=CC=NC3)ccc12)c1cccnc1. The second-order valence-electron chi connectivity index (χ2n) is 6.50. The maximum Gasteiger partial charge on any atom is 0.222 e. The minimum Gasteiger partial charge on any atom is -0.370 e. The van der Waals surface area contributed by atoms with Gasteiger partial charge in [-0.25, -0.2) is 4.98 Å². The molecule has 3 heterocycles. The Morgan fingerprint density at radius 1 is 1.25 bits per heavy atom. The van der Waals surface area contributed by atoms with Crippen LogP contribution in [0.2, 0.25) is 0 Å². The molecule has 0 bridgehead atoms. The van der Waals surface area contributed by atoms with Crippen LogP contribution < -0.4 is 16.8 Å². The molecule has 4 rings (SSSR count). The van der Waals surface area contributed by atoms with E-state index >= 15 is 0 Å². The van der Waals surface area contributed by atoms with Gasteiger partial charge in [0.2, 0.25) is 11.9 Å². The zero-order valence-corrected chi connectivity index (χ0v) is 15.0. The Bertz CT molecular complexity index is 1090. The van der Waals surface area contributed by atoms with Crippen LogP contribution in [0.1, 0.15) is 23.6 Å². The summed E-state index contributed by atoms with van der Waals surface area (Å²) in [7, 11) is 0. The summed E-state index contributed by atoms with van der Waals surface area (Å²) < 4.78 is 0. The van der Waals surface area contributed by atoms with Crippen molar-refractivity contribution in [2.75, 3.05) is 17.6 Å². The molecule has 3 aromatic rings. The highest BCUT2D eigenvalue weighted by Gasteiger charge is 2.18. The van der Waals surface area contributed by atoms with E-state index in [1.807, 2.05) is 30.3 Å². The third kappa shape index (κ3) is 3.66. The number of nitrogens with zero attached hydrogens (tertiary/aromatic N) is 4. The molecule has 0 radical (unpaired) electrons. The van der Waals surface area contributed by atoms with Gasteiger partial charge in [-0.15, -0.1) is 0 Å². The molecule has 28 heavy (non-hydrogen) atoms. The number of primary amides is 1. The quantitative estimate of drug-likeness (QED) is 0.606. The van der Waals surface area contributed by atoms with Crippen molar-refractivity contribution in [2.45, 2.75) is 12.5 Å². The predicted octanol–water partition coefficient (Wildman–Crippen LogP) is 2.10. The van der Waals surface area contributed by atoms with Crippen molar-refractivity contribution in [3.05, 3.63) is 59.9 Å². The van der Waals surface area contributed by atoms with Crippen LogP contribution in [-0.2, 0) is 4.79 Å². The Hall–Kier alpha value is -3.81. The minimum absolute atomic E-state index is 0.0966. The lowest BCUT2D eigenvalue weighted by Crippen LogP contribution is -2.21. The molecule has 140 valence electrons. The molecule has 1 unspecified atom stereocenters. The fourth-order valence-electron chi connectivity index (χ4n) is 3.19. The lowest BCUT2D eigenvalue weighted by molar-refractivity contribution is -0.118. The van der Waals surface area contributed by atoms with Crippen LogP contribution in [0, 0.1) is 0 Å². The van der Waals surface area contributed by atoms with E-state index in [0.29, 0.717) is 17.9 Å². The van der Waals surface area contributed by atoms with E-state index in [2.05, 4.69) is 25.3 Å². The van der Waals surface area contributed by atoms with Crippen molar-refractivity contribution < 1.29 is 4.79 Å². The first-order valence-corrected chi connectivity index (χ1v) is 8.81. The first-order valence-electron chi connectivity index (χ1n) is 8.81. The maximum atomic E-state index is 11.6. The van der Waals surface area contributed by atoms with Crippen molar-refractivity contribution >= 4 is 40.4 Å². The molecule has 0 spiro atoms. The van der Waals surface area contributed by atoms with Crippen LogP contribution in [-0.4, -0.2) is 33.6 Å². The molecule has 0 saturated heterocycles. The summed E-state index contributed by atoms with van der Waals surface area (Å²) in [6.07, 6.45) is 7.24. The van der Waals surface area contributed by atoms with Gasteiger partial charge in [0.15, 0.2) is 0 Å². The summed E-state index contributed by atoms with van der Waals surface area (Å²) in [6.45, 7) is 0.652. The number of rotatable bonds is 6. The summed E-state index contributed by atoms with van der Waals surface area (Å²) in [5, 5.41) is 4.09. The van der Waals surface area contributed by atoms with E-state index in [4.69, 9.17) is 11.5 Å². The van der Waals surface area contributed by atoms with Crippen molar-refractivity contribution in [1.29, 1.82) is 0 Å². The van der Waals surface area contributed by atoms with Gasteiger partial charge in [-0.05, 0) is 41.0 Å². The summed E-state index contributed by atoms with van der Waals surface area (Å²) in [6, 6.07) is 9.21. The lowest BCUT2D eigenvalue weighted by Gasteiger charge is -2.19. The third-order valence-corrected chi connectivity index (χ3v) is 4.53. The monoisotopic (exact) mass is 373 g/mol. The minimum atomic E-state index is -0.428. The van der Waals surface area contributed by atoms with E-state index < -0.39 is 5.91 Å². The smallest absolute Gasteiger partial charge is 0.222 e. The van der Waals surface area contributed by atoms with E-state index in [-0.39, 0.29) is 18.4 Å². The molecular weight excluding hydrogens is 354 g/mol. The maximum absolute atomic E-state index is 11.6. The second kappa shape index (κ2) is 7.43. The van der Waals surface area contributed by atoms with Gasteiger partial charge < -0.3 is 16.8 Å². The molecule has 2 aromatic heterocycles. The number of carbonyl (C=O) groups excluding carboxylic acids is 1. The number of nitrogens with one attached hydrogen (secondary N) is 1. The average molecular weight is 373 g/mol. The summed E-state index contributed by atoms with van der Waals surface area (Å²) >= 11 is 0. The van der Waals surface area contributed by atoms with Crippen LogP contribution in [0.5, 0.6) is 0 Å². The Balaban J connectivity index is 1.73. The highest BCUT2D eigenvalue weighted by Crippen LogP contribution is 2.29. The van der Waals surface area contributed by atoms with Crippen LogP contribution in [0.15, 0.2) is 53.8 Å². The van der Waals surface area contributed by atoms with Gasteiger partial charge in [-0.2, -0.15) is 4.98 Å². The number of nitrogens with two attached hydrogens (primary N) is 2. The number of aliphatic imine (C=N–C) groups is 1. The molecule has 1 atom stereocenters. The van der Waals surface area contributed by atoms with Gasteiger partial charge in [-0.1, -0.05) is 12.1 Å². The van der Waals surface area contributed by atoms with Gasteiger partial charge in [0.25, 0.3) is 0 Å². The first-order chi connectivity index (χ1) is 13.6. The number of benzene rings is 1. The molecule has 1 aromatic carbocycles. The standard InChI is InChI=1S/C20H19N7O/c21-18(28)9-16(14-2-1-6-23-11-14)25-19-15-4-3-12(13-5-7-24-10-13)8-17(15)26-20(22)27-19/h1-8,11,16H,9-10H2,(H2,21,28)(H3,22,25,26,27). The van der Waals surface area contributed by atoms with E-state index in [0.717, 1.165) is 22.1 Å². The van der Waals surface area contributed by atoms with Crippen LogP contribution in [0.3, 0.4) is 0 Å². The zero-order chi connectivity index (χ0) is 19.5. The van der Waals surface area contributed by atoms with E-state index in [1.54, 1.807) is 24.7 Å². The number of hydrogen-bond acceptors (Lipinski definition) is 7. The second-order valence-corrected chi connectivity index (χ2v) is 6.50. The van der Waals surface area contributed by atoms with Crippen LogP contribution in [0.25, 0.3) is 16.5 Å². The number of allylic oxidation sites excluding steroid dienone is 1. The van der Waals surface area contributed by atoms with E-state index in [1.165, 1.54) is 0 Å². The fourth-order valence-corrected chi connectivity index (χ4v) is 3.19. The van der Waals surface area contributed by atoms with Crippen LogP contribution >= 0.6 is 0 Å². The molecular formula is C20H19N7O. The van der Waals surface area contributed by atoms with E-state index in [9.17, 15) is 4.79 Å². The molecule has 8 nitrogen and oxygen atoms in total. The Labute approximate surface area is 161 Å². The third-order valence-electron chi connectivity index (χ3n) is 4.53. The molecule has 0 aliphatic carbocycles. The zero-order valence-electron chi connectivity index (χ0n) is 15.0. The molecule has 5 N–H and O–H groups in total. The topological polar surface area (TPSA) is 132 Å². The number of aromatic nitrogens is 3. The first kappa shape index (κ1) is 17.6. The van der Waals surface area contributed by atoms with Gasteiger partial charge in [0.05, 0.1) is 24.5 Å². The summed E-state index contributed by atoms with van der Waals surface area (Å²) in [4.78, 5) is 28.6. The van der Waals surface area contributed by atoms with Crippen molar-refractivity contribution in [1.82, 2.24) is 15.0 Å². The molecule has 0 fully saturated rings. The van der Waals surface area contributed by atoms with Crippen molar-refractivity contribution in [2.24, 2.45) is 10.7 Å². The number of fused-ring (bicyclic) bond motifs is 1. The Kier molecular flexibility index (Phi) is 4.67.